The average molecular weight is 211 g/mol. The minimum atomic E-state index is -0.938. The SMILES string of the molecule is O=C(O)CCO/N=C/c1ccc(F)cc1. The van der Waals surface area contributed by atoms with Gasteiger partial charge in [-0.3, -0.25) is 4.79 Å². The van der Waals surface area contributed by atoms with Crippen molar-refractivity contribution in [3.63, 3.8) is 0 Å². The van der Waals surface area contributed by atoms with Crippen molar-refractivity contribution in [2.24, 2.45) is 5.16 Å². The number of carbonyl (C=O) groups is 1. The number of hydrogen-bond acceptors (Lipinski definition) is 3. The van der Waals surface area contributed by atoms with Crippen LogP contribution in [0.5, 0.6) is 0 Å². The molecule has 0 fully saturated rings. The molecule has 0 bridgehead atoms. The molecule has 5 heteroatoms. The van der Waals surface area contributed by atoms with Gasteiger partial charge in [-0.15, -0.1) is 0 Å². The molecule has 4 nitrogen and oxygen atoms in total. The molecule has 15 heavy (non-hydrogen) atoms. The van der Waals surface area contributed by atoms with Gasteiger partial charge in [0.05, 0.1) is 12.6 Å². The highest BCUT2D eigenvalue weighted by Gasteiger charge is 1.94. The fourth-order valence-electron chi connectivity index (χ4n) is 0.833. The van der Waals surface area contributed by atoms with E-state index >= 15 is 0 Å². The van der Waals surface area contributed by atoms with Crippen molar-refractivity contribution in [3.8, 4) is 0 Å². The molecular formula is C10H10FNO3. The molecule has 0 spiro atoms. The van der Waals surface area contributed by atoms with Gasteiger partial charge in [-0.05, 0) is 17.7 Å². The summed E-state index contributed by atoms with van der Waals surface area (Å²) >= 11 is 0. The topological polar surface area (TPSA) is 58.9 Å². The van der Waals surface area contributed by atoms with E-state index in [2.05, 4.69) is 9.99 Å². The second-order valence-electron chi connectivity index (χ2n) is 2.76. The molecular weight excluding hydrogens is 201 g/mol. The van der Waals surface area contributed by atoms with E-state index in [1.54, 1.807) is 12.1 Å². The molecule has 0 saturated carbocycles. The van der Waals surface area contributed by atoms with Crippen LogP contribution in [0.2, 0.25) is 0 Å². The summed E-state index contributed by atoms with van der Waals surface area (Å²) in [6, 6.07) is 5.69. The van der Waals surface area contributed by atoms with Crippen LogP contribution in [0, 0.1) is 5.82 Å². The summed E-state index contributed by atoms with van der Waals surface area (Å²) in [5.74, 6) is -1.26. The lowest BCUT2D eigenvalue weighted by molar-refractivity contribution is -0.138. The maximum Gasteiger partial charge on any atom is 0.306 e. The first-order valence-electron chi connectivity index (χ1n) is 4.31. The van der Waals surface area contributed by atoms with Crippen LogP contribution in [-0.2, 0) is 9.63 Å². The van der Waals surface area contributed by atoms with Crippen molar-refractivity contribution in [3.05, 3.63) is 35.6 Å². The van der Waals surface area contributed by atoms with Crippen molar-refractivity contribution in [1.29, 1.82) is 0 Å². The Morgan fingerprint density at radius 2 is 2.13 bits per heavy atom. The number of aliphatic carboxylic acids is 1. The third kappa shape index (κ3) is 4.75. The van der Waals surface area contributed by atoms with E-state index in [0.29, 0.717) is 5.56 Å². The highest BCUT2D eigenvalue weighted by atomic mass is 19.1. The molecule has 0 radical (unpaired) electrons. The largest absolute Gasteiger partial charge is 0.481 e. The maximum absolute atomic E-state index is 12.5. The number of carboxylic acids is 1. The third-order valence-electron chi connectivity index (χ3n) is 1.55. The Morgan fingerprint density at radius 3 is 2.73 bits per heavy atom. The molecule has 0 unspecified atom stereocenters. The lowest BCUT2D eigenvalue weighted by Gasteiger charge is -1.95. The first-order valence-corrected chi connectivity index (χ1v) is 4.31. The smallest absolute Gasteiger partial charge is 0.306 e. The molecule has 0 aliphatic heterocycles. The van der Waals surface area contributed by atoms with Crippen molar-refractivity contribution in [2.75, 3.05) is 6.61 Å². The van der Waals surface area contributed by atoms with Crippen LogP contribution in [0.1, 0.15) is 12.0 Å². The Kier molecular flexibility index (Phi) is 4.28. The highest BCUT2D eigenvalue weighted by molar-refractivity contribution is 5.78. The average Bonchev–Trinajstić information content (AvgIpc) is 2.20. The summed E-state index contributed by atoms with van der Waals surface area (Å²) in [6.45, 7) is 0.0209. The van der Waals surface area contributed by atoms with Crippen molar-refractivity contribution >= 4 is 12.2 Å². The number of benzene rings is 1. The second-order valence-corrected chi connectivity index (χ2v) is 2.76. The van der Waals surface area contributed by atoms with Crippen LogP contribution < -0.4 is 0 Å². The van der Waals surface area contributed by atoms with Gasteiger partial charge in [0.1, 0.15) is 12.4 Å². The predicted molar refractivity (Wildman–Crippen MR) is 52.2 cm³/mol. The minimum Gasteiger partial charge on any atom is -0.481 e. The van der Waals surface area contributed by atoms with Gasteiger partial charge in [-0.1, -0.05) is 17.3 Å². The van der Waals surface area contributed by atoms with E-state index in [-0.39, 0.29) is 18.8 Å². The Labute approximate surface area is 86.0 Å². The number of rotatable bonds is 5. The van der Waals surface area contributed by atoms with Crippen molar-refractivity contribution < 1.29 is 19.1 Å². The minimum absolute atomic E-state index is 0.0209. The second kappa shape index (κ2) is 5.74. The van der Waals surface area contributed by atoms with Gasteiger partial charge in [0.15, 0.2) is 0 Å². The van der Waals surface area contributed by atoms with E-state index in [1.807, 2.05) is 0 Å². The summed E-state index contributed by atoms with van der Waals surface area (Å²) in [7, 11) is 0. The zero-order chi connectivity index (χ0) is 11.1. The summed E-state index contributed by atoms with van der Waals surface area (Å²) in [4.78, 5) is 14.8. The van der Waals surface area contributed by atoms with Crippen LogP contribution in [0.3, 0.4) is 0 Å². The predicted octanol–water partition coefficient (Wildman–Crippen LogP) is 1.65. The molecule has 0 heterocycles. The number of nitrogens with zero attached hydrogens (tertiary/aromatic N) is 1. The normalized spacial score (nSPS) is 10.5. The summed E-state index contributed by atoms with van der Waals surface area (Å²) in [6.07, 6.45) is 1.29. The first kappa shape index (κ1) is 11.2. The molecule has 0 saturated heterocycles. The molecule has 0 aliphatic carbocycles. The molecule has 80 valence electrons. The van der Waals surface area contributed by atoms with Crippen LogP contribution in [0.15, 0.2) is 29.4 Å². The van der Waals surface area contributed by atoms with E-state index < -0.39 is 5.97 Å². The summed E-state index contributed by atoms with van der Waals surface area (Å²) < 4.78 is 12.5. The van der Waals surface area contributed by atoms with Crippen molar-refractivity contribution in [2.45, 2.75) is 6.42 Å². The van der Waals surface area contributed by atoms with Gasteiger partial charge in [0.2, 0.25) is 0 Å². The third-order valence-corrected chi connectivity index (χ3v) is 1.55. The van der Waals surface area contributed by atoms with Gasteiger partial charge >= 0.3 is 5.97 Å². The monoisotopic (exact) mass is 211 g/mol. The lowest BCUT2D eigenvalue weighted by Crippen LogP contribution is -1.99. The number of oxime groups is 1. The highest BCUT2D eigenvalue weighted by Crippen LogP contribution is 1.99. The Balaban J connectivity index is 2.32. The maximum atomic E-state index is 12.5. The van der Waals surface area contributed by atoms with Crippen molar-refractivity contribution in [1.82, 2.24) is 0 Å². The lowest BCUT2D eigenvalue weighted by atomic mass is 10.2. The first-order chi connectivity index (χ1) is 7.18. The van der Waals surface area contributed by atoms with Crippen LogP contribution in [0.25, 0.3) is 0 Å². The van der Waals surface area contributed by atoms with E-state index in [9.17, 15) is 9.18 Å². The Bertz CT molecular complexity index is 348. The molecule has 0 aromatic heterocycles. The molecule has 1 rings (SSSR count). The number of carboxylic acid groups (broad SMARTS) is 1. The van der Waals surface area contributed by atoms with E-state index in [0.717, 1.165) is 0 Å². The van der Waals surface area contributed by atoms with Gasteiger partial charge in [0.25, 0.3) is 0 Å². The van der Waals surface area contributed by atoms with Gasteiger partial charge < -0.3 is 9.94 Å². The van der Waals surface area contributed by atoms with E-state index in [4.69, 9.17) is 5.11 Å². The van der Waals surface area contributed by atoms with Crippen LogP contribution >= 0.6 is 0 Å². The van der Waals surface area contributed by atoms with Crippen LogP contribution in [0.4, 0.5) is 4.39 Å². The Morgan fingerprint density at radius 1 is 1.47 bits per heavy atom. The molecule has 0 amide bonds. The van der Waals surface area contributed by atoms with E-state index in [1.165, 1.54) is 18.3 Å². The fourth-order valence-corrected chi connectivity index (χ4v) is 0.833. The molecule has 1 aromatic carbocycles. The fraction of sp³-hybridized carbons (Fsp3) is 0.200. The van der Waals surface area contributed by atoms with Gasteiger partial charge in [-0.25, -0.2) is 4.39 Å². The van der Waals surface area contributed by atoms with Gasteiger partial charge in [0, 0.05) is 0 Å². The number of hydrogen-bond donors (Lipinski definition) is 1. The quantitative estimate of drug-likeness (QED) is 0.457. The summed E-state index contributed by atoms with van der Waals surface area (Å²) in [5, 5.41) is 11.8. The van der Waals surface area contributed by atoms with Crippen LogP contribution in [-0.4, -0.2) is 23.9 Å². The molecule has 0 atom stereocenters. The summed E-state index contributed by atoms with van der Waals surface area (Å²) in [5.41, 5.74) is 0.687. The number of halogens is 1. The standard InChI is InChI=1S/C10H10FNO3/c11-9-3-1-8(2-4-9)7-12-15-6-5-10(13)14/h1-4,7H,5-6H2,(H,13,14)/b12-7+. The molecule has 0 aliphatic rings. The Hall–Kier alpha value is -1.91. The zero-order valence-corrected chi connectivity index (χ0v) is 7.89. The molecule has 1 N–H and O–H groups in total. The molecule has 1 aromatic rings. The van der Waals surface area contributed by atoms with Gasteiger partial charge in [-0.2, -0.15) is 0 Å². The zero-order valence-electron chi connectivity index (χ0n) is 7.89.